The lowest BCUT2D eigenvalue weighted by atomic mass is 10.0. The number of amides is 1. The highest BCUT2D eigenvalue weighted by Gasteiger charge is 2.28. The molecule has 0 radical (unpaired) electrons. The maximum atomic E-state index is 12.0. The van der Waals surface area contributed by atoms with Crippen molar-refractivity contribution in [1.82, 2.24) is 10.6 Å². The van der Waals surface area contributed by atoms with E-state index in [1.165, 1.54) is 5.56 Å². The summed E-state index contributed by atoms with van der Waals surface area (Å²) < 4.78 is 0. The number of rotatable bonds is 3. The van der Waals surface area contributed by atoms with Crippen LogP contribution < -0.4 is 10.6 Å². The van der Waals surface area contributed by atoms with E-state index in [1.807, 2.05) is 38.1 Å². The van der Waals surface area contributed by atoms with E-state index in [2.05, 4.69) is 10.6 Å². The van der Waals surface area contributed by atoms with Crippen molar-refractivity contribution in [3.05, 3.63) is 35.4 Å². The summed E-state index contributed by atoms with van der Waals surface area (Å²) in [5, 5.41) is 15.4. The second-order valence-corrected chi connectivity index (χ2v) is 4.94. The summed E-state index contributed by atoms with van der Waals surface area (Å²) in [5.41, 5.74) is 2.30. The zero-order chi connectivity index (χ0) is 13.1. The Morgan fingerprint density at radius 3 is 2.74 bits per heavy atom. The van der Waals surface area contributed by atoms with Crippen LogP contribution in [0, 0.1) is 6.92 Å². The molecule has 3 unspecified atom stereocenters. The molecule has 0 aromatic heterocycles. The van der Waals surface area contributed by atoms with E-state index >= 15 is 0 Å². The molecule has 1 aromatic rings. The van der Waals surface area contributed by atoms with Gasteiger partial charge in [0.1, 0.15) is 0 Å². The van der Waals surface area contributed by atoms with Gasteiger partial charge >= 0.3 is 0 Å². The number of aliphatic hydroxyl groups is 1. The first-order valence-electron chi connectivity index (χ1n) is 6.35. The van der Waals surface area contributed by atoms with Gasteiger partial charge in [0.2, 0.25) is 5.91 Å². The second kappa shape index (κ2) is 6.89. The van der Waals surface area contributed by atoms with E-state index < -0.39 is 6.10 Å². The van der Waals surface area contributed by atoms with Crippen molar-refractivity contribution in [1.29, 1.82) is 0 Å². The summed E-state index contributed by atoms with van der Waals surface area (Å²) in [6, 6.07) is 7.74. The molecule has 0 aliphatic carbocycles. The number of hydrogen-bond acceptors (Lipinski definition) is 3. The molecule has 0 saturated carbocycles. The van der Waals surface area contributed by atoms with Gasteiger partial charge in [-0.2, -0.15) is 0 Å². The number of carbonyl (C=O) groups is 1. The average Bonchev–Trinajstić information content (AvgIpc) is 2.76. The van der Waals surface area contributed by atoms with E-state index in [9.17, 15) is 9.90 Å². The number of β-amino-alcohol motifs (C(OH)–C–C–N with tert-alkyl or cyclic N) is 1. The van der Waals surface area contributed by atoms with Crippen molar-refractivity contribution in [2.75, 3.05) is 6.54 Å². The lowest BCUT2D eigenvalue weighted by Gasteiger charge is -2.19. The molecule has 1 aromatic carbocycles. The molecule has 3 atom stereocenters. The number of hydrogen-bond donors (Lipinski definition) is 3. The molecule has 1 fully saturated rings. The summed E-state index contributed by atoms with van der Waals surface area (Å²) >= 11 is 0. The zero-order valence-corrected chi connectivity index (χ0v) is 12.0. The summed E-state index contributed by atoms with van der Waals surface area (Å²) in [4.78, 5) is 12.0. The first-order valence-corrected chi connectivity index (χ1v) is 6.35. The average molecular weight is 285 g/mol. The number of aryl methyl sites for hydroxylation is 1. The molecule has 1 amide bonds. The van der Waals surface area contributed by atoms with Crippen LogP contribution >= 0.6 is 12.4 Å². The molecule has 106 valence electrons. The highest BCUT2D eigenvalue weighted by atomic mass is 35.5. The van der Waals surface area contributed by atoms with Gasteiger partial charge in [0.15, 0.2) is 0 Å². The molecule has 1 saturated heterocycles. The number of benzene rings is 1. The number of aliphatic hydroxyl groups excluding tert-OH is 1. The second-order valence-electron chi connectivity index (χ2n) is 4.94. The van der Waals surface area contributed by atoms with Crippen LogP contribution in [0.15, 0.2) is 24.3 Å². The minimum absolute atomic E-state index is 0. The number of nitrogens with one attached hydrogen (secondary N) is 2. The molecule has 1 aliphatic heterocycles. The van der Waals surface area contributed by atoms with Crippen LogP contribution in [0.3, 0.4) is 0 Å². The Labute approximate surface area is 120 Å². The third kappa shape index (κ3) is 3.93. The van der Waals surface area contributed by atoms with Gasteiger partial charge in [0.25, 0.3) is 0 Å². The van der Waals surface area contributed by atoms with E-state index in [1.54, 1.807) is 0 Å². The van der Waals surface area contributed by atoms with Crippen LogP contribution in [0.1, 0.15) is 30.5 Å². The van der Waals surface area contributed by atoms with Gasteiger partial charge < -0.3 is 15.7 Å². The monoisotopic (exact) mass is 284 g/mol. The van der Waals surface area contributed by atoms with Crippen LogP contribution in [0.2, 0.25) is 0 Å². The molecule has 5 heteroatoms. The number of carbonyl (C=O) groups excluding carboxylic acids is 1. The minimum Gasteiger partial charge on any atom is -0.392 e. The van der Waals surface area contributed by atoms with Crippen molar-refractivity contribution in [3.8, 4) is 0 Å². The Morgan fingerprint density at radius 2 is 2.16 bits per heavy atom. The van der Waals surface area contributed by atoms with E-state index in [0.717, 1.165) is 5.56 Å². The Hall–Kier alpha value is -1.10. The Morgan fingerprint density at radius 1 is 1.47 bits per heavy atom. The molecular formula is C14H21ClN2O2. The van der Waals surface area contributed by atoms with Crippen LogP contribution in [0.25, 0.3) is 0 Å². The normalized spacial score (nSPS) is 23.5. The van der Waals surface area contributed by atoms with Crippen molar-refractivity contribution >= 4 is 18.3 Å². The largest absolute Gasteiger partial charge is 0.392 e. The topological polar surface area (TPSA) is 61.4 Å². The van der Waals surface area contributed by atoms with Gasteiger partial charge in [0.05, 0.1) is 18.2 Å². The summed E-state index contributed by atoms with van der Waals surface area (Å²) in [7, 11) is 0. The maximum absolute atomic E-state index is 12.0. The minimum atomic E-state index is -0.408. The van der Waals surface area contributed by atoms with Crippen molar-refractivity contribution in [2.45, 2.75) is 38.5 Å². The molecule has 1 heterocycles. The standard InChI is InChI=1S/C14H20N2O2.ClH/c1-9-5-3-4-6-12(9)10(2)16-14(18)13-7-11(17)8-15-13;/h3-6,10-11,13,15,17H,7-8H2,1-2H3,(H,16,18);1H. The van der Waals surface area contributed by atoms with Gasteiger partial charge in [-0.15, -0.1) is 12.4 Å². The van der Waals surface area contributed by atoms with Gasteiger partial charge in [-0.05, 0) is 31.4 Å². The van der Waals surface area contributed by atoms with Crippen molar-refractivity contribution < 1.29 is 9.90 Å². The van der Waals surface area contributed by atoms with Crippen LogP contribution in [-0.4, -0.2) is 29.7 Å². The van der Waals surface area contributed by atoms with Crippen LogP contribution in [-0.2, 0) is 4.79 Å². The molecule has 3 N–H and O–H groups in total. The molecule has 0 bridgehead atoms. The third-order valence-electron chi connectivity index (χ3n) is 3.44. The van der Waals surface area contributed by atoms with Gasteiger partial charge in [-0.1, -0.05) is 24.3 Å². The molecule has 19 heavy (non-hydrogen) atoms. The van der Waals surface area contributed by atoms with E-state index in [0.29, 0.717) is 13.0 Å². The van der Waals surface area contributed by atoms with Crippen molar-refractivity contribution in [2.24, 2.45) is 0 Å². The molecule has 1 aliphatic rings. The Balaban J connectivity index is 0.00000180. The number of halogens is 1. The lowest BCUT2D eigenvalue weighted by molar-refractivity contribution is -0.123. The smallest absolute Gasteiger partial charge is 0.237 e. The quantitative estimate of drug-likeness (QED) is 0.784. The van der Waals surface area contributed by atoms with Crippen molar-refractivity contribution in [3.63, 3.8) is 0 Å². The van der Waals surface area contributed by atoms with E-state index in [-0.39, 0.29) is 30.4 Å². The fourth-order valence-electron chi connectivity index (χ4n) is 2.38. The summed E-state index contributed by atoms with van der Waals surface area (Å²) in [5.74, 6) is -0.0395. The Kier molecular flexibility index (Phi) is 5.79. The SMILES string of the molecule is Cc1ccccc1C(C)NC(=O)C1CC(O)CN1.Cl. The lowest BCUT2D eigenvalue weighted by Crippen LogP contribution is -2.41. The molecule has 4 nitrogen and oxygen atoms in total. The van der Waals surface area contributed by atoms with Gasteiger partial charge in [-0.3, -0.25) is 4.79 Å². The third-order valence-corrected chi connectivity index (χ3v) is 3.44. The maximum Gasteiger partial charge on any atom is 0.237 e. The fourth-order valence-corrected chi connectivity index (χ4v) is 2.38. The summed E-state index contributed by atoms with van der Waals surface area (Å²) in [6.07, 6.45) is 0.0845. The first kappa shape index (κ1) is 16.0. The molecule has 2 rings (SSSR count). The van der Waals surface area contributed by atoms with Crippen LogP contribution in [0.4, 0.5) is 0 Å². The zero-order valence-electron chi connectivity index (χ0n) is 11.2. The van der Waals surface area contributed by atoms with Gasteiger partial charge in [0, 0.05) is 6.54 Å². The van der Waals surface area contributed by atoms with Crippen LogP contribution in [0.5, 0.6) is 0 Å². The Bertz CT molecular complexity index is 439. The predicted octanol–water partition coefficient (Wildman–Crippen LogP) is 1.32. The van der Waals surface area contributed by atoms with Gasteiger partial charge in [-0.25, -0.2) is 0 Å². The highest BCUT2D eigenvalue weighted by Crippen LogP contribution is 2.17. The molecular weight excluding hydrogens is 264 g/mol. The fraction of sp³-hybridized carbons (Fsp3) is 0.500. The molecule has 0 spiro atoms. The first-order chi connectivity index (χ1) is 8.58. The summed E-state index contributed by atoms with van der Waals surface area (Å²) in [6.45, 7) is 4.51. The predicted molar refractivity (Wildman–Crippen MR) is 77.4 cm³/mol. The van der Waals surface area contributed by atoms with E-state index in [4.69, 9.17) is 0 Å². The highest BCUT2D eigenvalue weighted by molar-refractivity contribution is 5.85.